The van der Waals surface area contributed by atoms with E-state index in [9.17, 15) is 4.79 Å². The first kappa shape index (κ1) is 11.0. The van der Waals surface area contributed by atoms with Crippen LogP contribution in [0.15, 0.2) is 22.8 Å². The molecule has 0 saturated carbocycles. The van der Waals surface area contributed by atoms with Gasteiger partial charge in [0.2, 0.25) is 0 Å². The maximum atomic E-state index is 11.6. The third-order valence-corrected chi connectivity index (χ3v) is 2.91. The number of esters is 1. The number of aromatic nitrogens is 2. The van der Waals surface area contributed by atoms with E-state index in [4.69, 9.17) is 4.74 Å². The zero-order valence-corrected chi connectivity index (χ0v) is 10.4. The van der Waals surface area contributed by atoms with Crippen molar-refractivity contribution < 1.29 is 9.53 Å². The second kappa shape index (κ2) is 4.17. The van der Waals surface area contributed by atoms with Crippen molar-refractivity contribution in [3.05, 3.63) is 34.2 Å². The monoisotopic (exact) mass is 280 g/mol. The molecule has 16 heavy (non-hydrogen) atoms. The molecular formula is C11H9BrN2O2. The van der Waals surface area contributed by atoms with Gasteiger partial charge in [0.25, 0.3) is 0 Å². The molecule has 0 fully saturated rings. The Labute approximate surface area is 101 Å². The Morgan fingerprint density at radius 1 is 1.44 bits per heavy atom. The van der Waals surface area contributed by atoms with E-state index >= 15 is 0 Å². The number of methoxy groups -OCH3 is 1. The summed E-state index contributed by atoms with van der Waals surface area (Å²) < 4.78 is 5.57. The zero-order chi connectivity index (χ0) is 11.7. The van der Waals surface area contributed by atoms with Gasteiger partial charge in [-0.3, -0.25) is 0 Å². The highest BCUT2D eigenvalue weighted by Crippen LogP contribution is 2.25. The average Bonchev–Trinajstić information content (AvgIpc) is 2.28. The Balaban J connectivity index is 2.80. The fourth-order valence-corrected chi connectivity index (χ4v) is 1.87. The highest BCUT2D eigenvalue weighted by molar-refractivity contribution is 9.10. The minimum Gasteiger partial charge on any atom is -0.465 e. The van der Waals surface area contributed by atoms with E-state index in [0.717, 1.165) is 9.86 Å². The van der Waals surface area contributed by atoms with Gasteiger partial charge >= 0.3 is 5.97 Å². The average molecular weight is 281 g/mol. The van der Waals surface area contributed by atoms with Gasteiger partial charge in [-0.15, -0.1) is 0 Å². The fraction of sp³-hybridized carbons (Fsp3) is 0.182. The van der Waals surface area contributed by atoms with Crippen LogP contribution >= 0.6 is 15.9 Å². The van der Waals surface area contributed by atoms with E-state index in [2.05, 4.69) is 25.9 Å². The molecular weight excluding hydrogens is 272 g/mol. The van der Waals surface area contributed by atoms with E-state index in [1.165, 1.54) is 7.11 Å². The highest BCUT2D eigenvalue weighted by Gasteiger charge is 2.13. The molecule has 4 nitrogen and oxygen atoms in total. The zero-order valence-electron chi connectivity index (χ0n) is 8.82. The summed E-state index contributed by atoms with van der Waals surface area (Å²) in [5.41, 5.74) is 1.06. The number of carbonyl (C=O) groups is 1. The Kier molecular flexibility index (Phi) is 2.87. The van der Waals surface area contributed by atoms with E-state index in [1.54, 1.807) is 25.3 Å². The van der Waals surface area contributed by atoms with Crippen LogP contribution in [0.4, 0.5) is 0 Å². The van der Waals surface area contributed by atoms with E-state index < -0.39 is 5.97 Å². The van der Waals surface area contributed by atoms with Crippen molar-refractivity contribution in [2.24, 2.45) is 0 Å². The molecule has 2 rings (SSSR count). The molecule has 0 radical (unpaired) electrons. The summed E-state index contributed by atoms with van der Waals surface area (Å²) >= 11 is 3.39. The minimum absolute atomic E-state index is 0.393. The van der Waals surface area contributed by atoms with E-state index in [0.29, 0.717) is 16.9 Å². The largest absolute Gasteiger partial charge is 0.465 e. The van der Waals surface area contributed by atoms with Gasteiger partial charge in [-0.2, -0.15) is 0 Å². The number of benzene rings is 1. The first-order valence-electron chi connectivity index (χ1n) is 4.63. The van der Waals surface area contributed by atoms with E-state index in [-0.39, 0.29) is 0 Å². The van der Waals surface area contributed by atoms with E-state index in [1.807, 2.05) is 0 Å². The Bertz CT molecular complexity index is 569. The molecule has 0 atom stereocenters. The number of halogens is 1. The van der Waals surface area contributed by atoms with Crippen LogP contribution in [0.2, 0.25) is 0 Å². The normalized spacial score (nSPS) is 10.4. The topological polar surface area (TPSA) is 52.1 Å². The number of hydrogen-bond acceptors (Lipinski definition) is 4. The SMILES string of the molecule is COC(=O)c1ccc(Br)c2cnc(C)nc12. The van der Waals surface area contributed by atoms with Gasteiger partial charge in [0, 0.05) is 16.1 Å². The molecule has 0 aliphatic rings. The number of hydrogen-bond donors (Lipinski definition) is 0. The summed E-state index contributed by atoms with van der Waals surface area (Å²) in [6.07, 6.45) is 1.69. The van der Waals surface area contributed by atoms with Gasteiger partial charge in [0.1, 0.15) is 5.82 Å². The van der Waals surface area contributed by atoms with Crippen LogP contribution in [-0.2, 0) is 4.74 Å². The van der Waals surface area contributed by atoms with Crippen molar-refractivity contribution in [3.63, 3.8) is 0 Å². The van der Waals surface area contributed by atoms with Crippen molar-refractivity contribution in [1.82, 2.24) is 9.97 Å². The molecule has 1 aromatic heterocycles. The molecule has 1 aromatic carbocycles. The molecule has 0 spiro atoms. The van der Waals surface area contributed by atoms with Gasteiger partial charge in [-0.1, -0.05) is 15.9 Å². The van der Waals surface area contributed by atoms with Crippen LogP contribution in [0.25, 0.3) is 10.9 Å². The molecule has 0 saturated heterocycles. The quantitative estimate of drug-likeness (QED) is 0.753. The van der Waals surface area contributed by atoms with Gasteiger partial charge in [0.05, 0.1) is 18.2 Å². The van der Waals surface area contributed by atoms with Gasteiger partial charge in [-0.25, -0.2) is 14.8 Å². The number of fused-ring (bicyclic) bond motifs is 1. The molecule has 0 unspecified atom stereocenters. The Morgan fingerprint density at radius 2 is 2.19 bits per heavy atom. The third-order valence-electron chi connectivity index (χ3n) is 2.22. The van der Waals surface area contributed by atoms with Crippen LogP contribution in [-0.4, -0.2) is 23.0 Å². The lowest BCUT2D eigenvalue weighted by Crippen LogP contribution is -2.04. The molecule has 0 amide bonds. The lowest BCUT2D eigenvalue weighted by atomic mass is 10.1. The molecule has 5 heteroatoms. The predicted molar refractivity (Wildman–Crippen MR) is 63.3 cm³/mol. The summed E-state index contributed by atoms with van der Waals surface area (Å²) in [6.45, 7) is 1.78. The molecule has 2 aromatic rings. The summed E-state index contributed by atoms with van der Waals surface area (Å²) in [6, 6.07) is 3.47. The van der Waals surface area contributed by atoms with Crippen LogP contribution in [0.3, 0.4) is 0 Å². The van der Waals surface area contributed by atoms with Crippen molar-refractivity contribution >= 4 is 32.8 Å². The van der Waals surface area contributed by atoms with Crippen LogP contribution in [0.5, 0.6) is 0 Å². The first-order valence-corrected chi connectivity index (χ1v) is 5.43. The first-order chi connectivity index (χ1) is 7.63. The number of aryl methyl sites for hydroxylation is 1. The van der Waals surface area contributed by atoms with Gasteiger partial charge < -0.3 is 4.74 Å². The maximum Gasteiger partial charge on any atom is 0.340 e. The van der Waals surface area contributed by atoms with Gasteiger partial charge in [-0.05, 0) is 19.1 Å². The summed E-state index contributed by atoms with van der Waals surface area (Å²) in [5.74, 6) is 0.228. The van der Waals surface area contributed by atoms with Crippen LogP contribution in [0, 0.1) is 6.92 Å². The van der Waals surface area contributed by atoms with Crippen LogP contribution < -0.4 is 0 Å². The molecule has 82 valence electrons. The Hall–Kier alpha value is -1.49. The third kappa shape index (κ3) is 1.78. The Morgan fingerprint density at radius 3 is 2.88 bits per heavy atom. The number of nitrogens with zero attached hydrogens (tertiary/aromatic N) is 2. The smallest absolute Gasteiger partial charge is 0.340 e. The summed E-state index contributed by atoms with van der Waals surface area (Å²) in [7, 11) is 1.35. The number of ether oxygens (including phenoxy) is 1. The summed E-state index contributed by atoms with van der Waals surface area (Å²) in [4.78, 5) is 19.9. The number of carbonyl (C=O) groups excluding carboxylic acids is 1. The number of rotatable bonds is 1. The molecule has 0 bridgehead atoms. The second-order valence-electron chi connectivity index (χ2n) is 3.27. The van der Waals surface area contributed by atoms with Crippen molar-refractivity contribution in [2.75, 3.05) is 7.11 Å². The predicted octanol–water partition coefficient (Wildman–Crippen LogP) is 2.49. The lowest BCUT2D eigenvalue weighted by Gasteiger charge is -2.05. The van der Waals surface area contributed by atoms with Gasteiger partial charge in [0.15, 0.2) is 0 Å². The fourth-order valence-electron chi connectivity index (χ4n) is 1.45. The second-order valence-corrected chi connectivity index (χ2v) is 4.12. The van der Waals surface area contributed by atoms with Crippen LogP contribution in [0.1, 0.15) is 16.2 Å². The van der Waals surface area contributed by atoms with Crippen molar-refractivity contribution in [1.29, 1.82) is 0 Å². The van der Waals surface area contributed by atoms with Crippen molar-refractivity contribution in [3.8, 4) is 0 Å². The molecule has 0 aliphatic heterocycles. The minimum atomic E-state index is -0.393. The lowest BCUT2D eigenvalue weighted by molar-refractivity contribution is 0.0603. The molecule has 0 aliphatic carbocycles. The van der Waals surface area contributed by atoms with Crippen molar-refractivity contribution in [2.45, 2.75) is 6.92 Å². The highest BCUT2D eigenvalue weighted by atomic mass is 79.9. The molecule has 1 heterocycles. The molecule has 0 N–H and O–H groups in total. The maximum absolute atomic E-state index is 11.6. The standard InChI is InChI=1S/C11H9BrN2O2/c1-6-13-5-8-9(12)4-3-7(10(8)14-6)11(15)16-2/h3-5H,1-2H3. The summed E-state index contributed by atoms with van der Waals surface area (Å²) in [5, 5.41) is 0.800.